The molecule has 2 rings (SSSR count). The minimum Gasteiger partial charge on any atom is -0.398 e. The van der Waals surface area contributed by atoms with E-state index in [9.17, 15) is 4.79 Å². The summed E-state index contributed by atoms with van der Waals surface area (Å²) in [4.78, 5) is 13.3. The van der Waals surface area contributed by atoms with Gasteiger partial charge in [0.1, 0.15) is 0 Å². The minimum absolute atomic E-state index is 0.159. The molecule has 0 radical (unpaired) electrons. The third-order valence-electron chi connectivity index (χ3n) is 4.49. The average Bonchev–Trinajstić information content (AvgIpc) is 2.52. The second kappa shape index (κ2) is 7.31. The number of aryl methyl sites for hydroxylation is 1. The number of nitrogens with two attached hydrogens (primary N) is 1. The number of carbonyl (C=O) groups is 1. The zero-order chi connectivity index (χ0) is 17.0. The Labute approximate surface area is 138 Å². The molecule has 5 heteroatoms. The SMILES string of the molecule is C=C(NCC1CCN(C(C)=O)CC1)c1cc(C)cc(N)c1C=N. The predicted molar refractivity (Wildman–Crippen MR) is 95.5 cm³/mol. The van der Waals surface area contributed by atoms with Crippen molar-refractivity contribution in [3.63, 3.8) is 0 Å². The summed E-state index contributed by atoms with van der Waals surface area (Å²) in [5, 5.41) is 11.0. The number of piperidine rings is 1. The van der Waals surface area contributed by atoms with Crippen molar-refractivity contribution in [2.45, 2.75) is 26.7 Å². The van der Waals surface area contributed by atoms with Crippen LogP contribution in [0.25, 0.3) is 5.70 Å². The van der Waals surface area contributed by atoms with Gasteiger partial charge in [0.05, 0.1) is 0 Å². The Balaban J connectivity index is 1.96. The number of amides is 1. The maximum atomic E-state index is 11.4. The van der Waals surface area contributed by atoms with Crippen molar-refractivity contribution >= 4 is 23.5 Å². The highest BCUT2D eigenvalue weighted by Crippen LogP contribution is 2.23. The van der Waals surface area contributed by atoms with Crippen LogP contribution in [0.15, 0.2) is 18.7 Å². The molecule has 0 spiro atoms. The van der Waals surface area contributed by atoms with Gasteiger partial charge in [0.15, 0.2) is 0 Å². The molecule has 23 heavy (non-hydrogen) atoms. The molecule has 1 heterocycles. The highest BCUT2D eigenvalue weighted by atomic mass is 16.2. The molecular formula is C18H26N4O. The number of carbonyl (C=O) groups excluding carboxylic acids is 1. The Hall–Kier alpha value is -2.30. The number of nitrogens with one attached hydrogen (secondary N) is 2. The van der Waals surface area contributed by atoms with E-state index in [0.717, 1.165) is 49.3 Å². The lowest BCUT2D eigenvalue weighted by Crippen LogP contribution is -2.39. The maximum Gasteiger partial charge on any atom is 0.219 e. The lowest BCUT2D eigenvalue weighted by Gasteiger charge is -2.31. The molecule has 0 aliphatic carbocycles. The molecule has 1 aromatic carbocycles. The fourth-order valence-corrected chi connectivity index (χ4v) is 3.05. The predicted octanol–water partition coefficient (Wildman–Crippen LogP) is 2.39. The van der Waals surface area contributed by atoms with Crippen molar-refractivity contribution in [1.82, 2.24) is 10.2 Å². The first-order valence-corrected chi connectivity index (χ1v) is 8.01. The van der Waals surface area contributed by atoms with Crippen LogP contribution in [0.5, 0.6) is 0 Å². The van der Waals surface area contributed by atoms with Crippen molar-refractivity contribution in [2.75, 3.05) is 25.4 Å². The number of benzene rings is 1. The number of likely N-dealkylation sites (tertiary alicyclic amines) is 1. The monoisotopic (exact) mass is 314 g/mol. The topological polar surface area (TPSA) is 82.2 Å². The highest BCUT2D eigenvalue weighted by molar-refractivity contribution is 5.92. The van der Waals surface area contributed by atoms with E-state index >= 15 is 0 Å². The number of rotatable bonds is 5. The molecule has 1 saturated heterocycles. The van der Waals surface area contributed by atoms with E-state index in [4.69, 9.17) is 11.1 Å². The molecule has 0 saturated carbocycles. The summed E-state index contributed by atoms with van der Waals surface area (Å²) in [6.45, 7) is 10.2. The van der Waals surface area contributed by atoms with E-state index in [1.54, 1.807) is 6.92 Å². The third-order valence-corrected chi connectivity index (χ3v) is 4.49. The van der Waals surface area contributed by atoms with Crippen molar-refractivity contribution in [3.8, 4) is 0 Å². The fraction of sp³-hybridized carbons (Fsp3) is 0.444. The first-order chi connectivity index (χ1) is 10.9. The van der Waals surface area contributed by atoms with Gasteiger partial charge in [-0.05, 0) is 43.4 Å². The van der Waals surface area contributed by atoms with E-state index in [1.807, 2.05) is 24.0 Å². The summed E-state index contributed by atoms with van der Waals surface area (Å²) in [6, 6.07) is 3.87. The van der Waals surface area contributed by atoms with Crippen LogP contribution in [0.2, 0.25) is 0 Å². The van der Waals surface area contributed by atoms with Crippen LogP contribution in [0.4, 0.5) is 5.69 Å². The Morgan fingerprint density at radius 1 is 1.48 bits per heavy atom. The Morgan fingerprint density at radius 3 is 2.70 bits per heavy atom. The van der Waals surface area contributed by atoms with Crippen LogP contribution in [-0.2, 0) is 4.79 Å². The van der Waals surface area contributed by atoms with Crippen molar-refractivity contribution in [2.24, 2.45) is 5.92 Å². The quantitative estimate of drug-likeness (QED) is 0.576. The Bertz CT molecular complexity index is 616. The van der Waals surface area contributed by atoms with Crippen molar-refractivity contribution in [3.05, 3.63) is 35.4 Å². The summed E-state index contributed by atoms with van der Waals surface area (Å²) >= 11 is 0. The summed E-state index contributed by atoms with van der Waals surface area (Å²) in [5.41, 5.74) is 10.1. The van der Waals surface area contributed by atoms with Gasteiger partial charge in [0, 0.05) is 55.3 Å². The maximum absolute atomic E-state index is 11.4. The first-order valence-electron chi connectivity index (χ1n) is 8.01. The molecule has 124 valence electrons. The minimum atomic E-state index is 0.159. The third kappa shape index (κ3) is 4.12. The number of nitrogen functional groups attached to an aromatic ring is 1. The fourth-order valence-electron chi connectivity index (χ4n) is 3.05. The molecule has 4 N–H and O–H groups in total. The largest absolute Gasteiger partial charge is 0.398 e. The molecule has 1 aromatic rings. The summed E-state index contributed by atoms with van der Waals surface area (Å²) in [5.74, 6) is 0.694. The zero-order valence-corrected chi connectivity index (χ0v) is 14.0. The number of hydrogen-bond donors (Lipinski definition) is 3. The van der Waals surface area contributed by atoms with Gasteiger partial charge in [-0.25, -0.2) is 0 Å². The lowest BCUT2D eigenvalue weighted by molar-refractivity contribution is -0.130. The second-order valence-electron chi connectivity index (χ2n) is 6.27. The molecule has 0 atom stereocenters. The van der Waals surface area contributed by atoms with Gasteiger partial charge in [0.2, 0.25) is 5.91 Å². The van der Waals surface area contributed by atoms with Crippen LogP contribution in [0.3, 0.4) is 0 Å². The summed E-state index contributed by atoms with van der Waals surface area (Å²) in [7, 11) is 0. The van der Waals surface area contributed by atoms with Crippen LogP contribution in [0, 0.1) is 18.3 Å². The van der Waals surface area contributed by atoms with Crippen molar-refractivity contribution in [1.29, 1.82) is 5.41 Å². The van der Waals surface area contributed by atoms with Gasteiger partial charge >= 0.3 is 0 Å². The van der Waals surface area contributed by atoms with Crippen molar-refractivity contribution < 1.29 is 4.79 Å². The van der Waals surface area contributed by atoms with E-state index in [1.165, 1.54) is 6.21 Å². The molecule has 1 fully saturated rings. The van der Waals surface area contributed by atoms with E-state index in [0.29, 0.717) is 17.2 Å². The van der Waals surface area contributed by atoms with Crippen LogP contribution in [-0.4, -0.2) is 36.7 Å². The normalized spacial score (nSPS) is 15.3. The number of anilines is 1. The van der Waals surface area contributed by atoms with Crippen LogP contribution >= 0.6 is 0 Å². The smallest absolute Gasteiger partial charge is 0.219 e. The van der Waals surface area contributed by atoms with Gasteiger partial charge in [0.25, 0.3) is 0 Å². The Morgan fingerprint density at radius 2 is 2.13 bits per heavy atom. The zero-order valence-electron chi connectivity index (χ0n) is 14.0. The molecular weight excluding hydrogens is 288 g/mol. The number of hydrogen-bond acceptors (Lipinski definition) is 4. The lowest BCUT2D eigenvalue weighted by atomic mass is 9.96. The van der Waals surface area contributed by atoms with Gasteiger partial charge in [-0.1, -0.05) is 6.58 Å². The van der Waals surface area contributed by atoms with Crippen LogP contribution in [0.1, 0.15) is 36.5 Å². The van der Waals surface area contributed by atoms with E-state index in [-0.39, 0.29) is 5.91 Å². The van der Waals surface area contributed by atoms with Gasteiger partial charge in [-0.2, -0.15) is 0 Å². The summed E-state index contributed by atoms with van der Waals surface area (Å²) in [6.07, 6.45) is 3.29. The molecule has 0 unspecified atom stereocenters. The van der Waals surface area contributed by atoms with Gasteiger partial charge < -0.3 is 21.4 Å². The molecule has 5 nitrogen and oxygen atoms in total. The van der Waals surface area contributed by atoms with E-state index in [2.05, 4.69) is 11.9 Å². The standard InChI is InChI=1S/C18H26N4O/c1-12-8-16(17(10-19)18(20)9-12)13(2)21-11-15-4-6-22(7-5-15)14(3)23/h8-10,15,19,21H,2,4-7,11,20H2,1,3H3. The molecule has 1 amide bonds. The molecule has 0 aromatic heterocycles. The van der Waals surface area contributed by atoms with Crippen LogP contribution < -0.4 is 11.1 Å². The van der Waals surface area contributed by atoms with E-state index < -0.39 is 0 Å². The highest BCUT2D eigenvalue weighted by Gasteiger charge is 2.20. The Kier molecular flexibility index (Phi) is 5.42. The first kappa shape index (κ1) is 17.1. The second-order valence-corrected chi connectivity index (χ2v) is 6.27. The van der Waals surface area contributed by atoms with Gasteiger partial charge in [-0.15, -0.1) is 0 Å². The summed E-state index contributed by atoms with van der Waals surface area (Å²) < 4.78 is 0. The van der Waals surface area contributed by atoms with Gasteiger partial charge in [-0.3, -0.25) is 4.79 Å². The average molecular weight is 314 g/mol. The molecule has 1 aliphatic rings. The molecule has 1 aliphatic heterocycles. The number of nitrogens with zero attached hydrogens (tertiary/aromatic N) is 1. The molecule has 0 bridgehead atoms.